The molecule has 0 bridgehead atoms. The molecule has 1 atom stereocenters. The van der Waals surface area contributed by atoms with E-state index < -0.39 is 6.10 Å². The van der Waals surface area contributed by atoms with Gasteiger partial charge in [-0.15, -0.1) is 0 Å². The molecule has 0 saturated carbocycles. The molecule has 0 aromatic carbocycles. The van der Waals surface area contributed by atoms with Gasteiger partial charge in [0.1, 0.15) is 13.2 Å². The van der Waals surface area contributed by atoms with Gasteiger partial charge in [0.2, 0.25) is 0 Å². The van der Waals surface area contributed by atoms with Crippen LogP contribution in [0, 0.1) is 0 Å². The molecule has 0 aliphatic heterocycles. The fraction of sp³-hybridized carbons (Fsp3) is 0.730. The summed E-state index contributed by atoms with van der Waals surface area (Å²) < 4.78 is 16.8. The van der Waals surface area contributed by atoms with Crippen LogP contribution in [0.3, 0.4) is 0 Å². The van der Waals surface area contributed by atoms with Crippen LogP contribution in [0.5, 0.6) is 0 Å². The van der Waals surface area contributed by atoms with Gasteiger partial charge in [-0.05, 0) is 83.5 Å². The smallest absolute Gasteiger partial charge is 0.306 e. The van der Waals surface area contributed by atoms with E-state index >= 15 is 0 Å². The highest BCUT2D eigenvalue weighted by molar-refractivity contribution is 5.71. The normalized spacial score (nSPS) is 12.7. The summed E-state index contributed by atoms with van der Waals surface area (Å²) in [5, 5.41) is 0. The first kappa shape index (κ1) is 65.6. The molecule has 0 rings (SSSR count). The van der Waals surface area contributed by atoms with Crippen LogP contribution in [0.2, 0.25) is 0 Å². The fourth-order valence-corrected chi connectivity index (χ4v) is 8.05. The maximum atomic E-state index is 12.9. The van der Waals surface area contributed by atoms with Gasteiger partial charge in [0.05, 0.1) is 0 Å². The zero-order valence-corrected chi connectivity index (χ0v) is 45.3. The molecule has 0 aliphatic carbocycles. The van der Waals surface area contributed by atoms with Crippen molar-refractivity contribution >= 4 is 17.9 Å². The zero-order chi connectivity index (χ0) is 50.0. The SMILES string of the molecule is CC/C=C\C/C=C\C/C=C\C/C=C\C/C=C\C/C=C\CCC(=O)OCC(COC(=O)CCCCCCCCCCCCCCC)OC(=O)CCCCCCCCCCC/C=C\CCCCCCCC. The summed E-state index contributed by atoms with van der Waals surface area (Å²) >= 11 is 0. The maximum Gasteiger partial charge on any atom is 0.306 e. The summed E-state index contributed by atoms with van der Waals surface area (Å²) in [5.41, 5.74) is 0. The van der Waals surface area contributed by atoms with Gasteiger partial charge in [-0.1, -0.05) is 260 Å². The second-order valence-electron chi connectivity index (χ2n) is 19.2. The van der Waals surface area contributed by atoms with Gasteiger partial charge in [0, 0.05) is 19.3 Å². The number of unbranched alkanes of at least 4 members (excludes halogenated alkanes) is 27. The minimum absolute atomic E-state index is 0.0983. The summed E-state index contributed by atoms with van der Waals surface area (Å²) in [6.07, 6.45) is 74.4. The summed E-state index contributed by atoms with van der Waals surface area (Å²) in [6.45, 7) is 6.47. The van der Waals surface area contributed by atoms with Crippen molar-refractivity contribution in [3.05, 3.63) is 85.1 Å². The number of hydrogen-bond donors (Lipinski definition) is 0. The number of carbonyl (C=O) groups excluding carboxylic acids is 3. The molecule has 1 unspecified atom stereocenters. The van der Waals surface area contributed by atoms with Crippen LogP contribution in [0.15, 0.2) is 85.1 Å². The monoisotopic (exact) mass is 961 g/mol. The first-order valence-corrected chi connectivity index (χ1v) is 29.1. The number of ether oxygens (including phenoxy) is 3. The quantitative estimate of drug-likeness (QED) is 0.0262. The van der Waals surface area contributed by atoms with Gasteiger partial charge < -0.3 is 14.2 Å². The summed E-state index contributed by atoms with van der Waals surface area (Å²) in [5.74, 6) is -0.981. The van der Waals surface area contributed by atoms with Gasteiger partial charge >= 0.3 is 17.9 Å². The van der Waals surface area contributed by atoms with E-state index in [4.69, 9.17) is 14.2 Å². The second-order valence-corrected chi connectivity index (χ2v) is 19.2. The highest BCUT2D eigenvalue weighted by Gasteiger charge is 2.19. The molecule has 0 aliphatic rings. The van der Waals surface area contributed by atoms with Crippen LogP contribution in [0.1, 0.15) is 278 Å². The van der Waals surface area contributed by atoms with Crippen molar-refractivity contribution in [2.75, 3.05) is 13.2 Å². The van der Waals surface area contributed by atoms with Crippen LogP contribution in [0.25, 0.3) is 0 Å². The summed E-state index contributed by atoms with van der Waals surface area (Å²) in [4.78, 5) is 38.1. The first-order valence-electron chi connectivity index (χ1n) is 29.1. The molecule has 0 amide bonds. The zero-order valence-electron chi connectivity index (χ0n) is 45.3. The molecule has 396 valence electrons. The van der Waals surface area contributed by atoms with Gasteiger partial charge in [-0.25, -0.2) is 0 Å². The lowest BCUT2D eigenvalue weighted by Gasteiger charge is -2.18. The largest absolute Gasteiger partial charge is 0.462 e. The third-order valence-electron chi connectivity index (χ3n) is 12.4. The molecule has 0 fully saturated rings. The molecule has 0 aromatic rings. The molecule has 6 nitrogen and oxygen atoms in total. The van der Waals surface area contributed by atoms with Crippen molar-refractivity contribution in [2.45, 2.75) is 284 Å². The van der Waals surface area contributed by atoms with Crippen molar-refractivity contribution in [1.29, 1.82) is 0 Å². The van der Waals surface area contributed by atoms with Crippen molar-refractivity contribution in [3.8, 4) is 0 Å². The maximum absolute atomic E-state index is 12.9. The molecule has 0 saturated heterocycles. The van der Waals surface area contributed by atoms with Crippen molar-refractivity contribution in [2.24, 2.45) is 0 Å². The molecule has 0 aromatic heterocycles. The van der Waals surface area contributed by atoms with E-state index in [0.29, 0.717) is 19.3 Å². The van der Waals surface area contributed by atoms with E-state index in [9.17, 15) is 14.4 Å². The van der Waals surface area contributed by atoms with E-state index in [1.807, 2.05) is 6.08 Å². The summed E-state index contributed by atoms with van der Waals surface area (Å²) in [7, 11) is 0. The third kappa shape index (κ3) is 55.4. The van der Waals surface area contributed by atoms with Crippen LogP contribution in [-0.4, -0.2) is 37.2 Å². The number of rotatable bonds is 52. The van der Waals surface area contributed by atoms with E-state index in [2.05, 4.69) is 99.8 Å². The van der Waals surface area contributed by atoms with E-state index in [0.717, 1.165) is 77.0 Å². The van der Waals surface area contributed by atoms with Crippen LogP contribution in [-0.2, 0) is 28.6 Å². The summed E-state index contributed by atoms with van der Waals surface area (Å²) in [6, 6.07) is 0. The number of esters is 3. The van der Waals surface area contributed by atoms with E-state index in [-0.39, 0.29) is 37.5 Å². The average Bonchev–Trinajstić information content (AvgIpc) is 3.35. The van der Waals surface area contributed by atoms with Crippen molar-refractivity contribution in [3.63, 3.8) is 0 Å². The number of hydrogen-bond acceptors (Lipinski definition) is 6. The Bertz CT molecular complexity index is 1330. The van der Waals surface area contributed by atoms with Gasteiger partial charge in [-0.3, -0.25) is 14.4 Å². The van der Waals surface area contributed by atoms with Crippen molar-refractivity contribution < 1.29 is 28.6 Å². The molecule has 0 spiro atoms. The lowest BCUT2D eigenvalue weighted by atomic mass is 10.0. The number of allylic oxidation sites excluding steroid dienone is 14. The lowest BCUT2D eigenvalue weighted by molar-refractivity contribution is -0.166. The Labute approximate surface area is 426 Å². The molecular weight excluding hydrogens is 853 g/mol. The molecule has 6 heteroatoms. The topological polar surface area (TPSA) is 78.9 Å². The van der Waals surface area contributed by atoms with Gasteiger partial charge in [0.25, 0.3) is 0 Å². The average molecular weight is 962 g/mol. The molecule has 0 radical (unpaired) electrons. The molecule has 0 heterocycles. The fourth-order valence-electron chi connectivity index (χ4n) is 8.05. The first-order chi connectivity index (χ1) is 34.0. The Hall–Kier alpha value is -3.41. The Balaban J connectivity index is 4.46. The minimum Gasteiger partial charge on any atom is -0.462 e. The van der Waals surface area contributed by atoms with Crippen LogP contribution < -0.4 is 0 Å². The highest BCUT2D eigenvalue weighted by atomic mass is 16.6. The van der Waals surface area contributed by atoms with Gasteiger partial charge in [-0.2, -0.15) is 0 Å². The second kappa shape index (κ2) is 57.2. The molecule has 0 N–H and O–H groups in total. The predicted octanol–water partition coefficient (Wildman–Crippen LogP) is 19.5. The Kier molecular flexibility index (Phi) is 54.3. The van der Waals surface area contributed by atoms with Crippen LogP contribution in [0.4, 0.5) is 0 Å². The third-order valence-corrected chi connectivity index (χ3v) is 12.4. The predicted molar refractivity (Wildman–Crippen MR) is 297 cm³/mol. The molecule has 69 heavy (non-hydrogen) atoms. The lowest BCUT2D eigenvalue weighted by Crippen LogP contribution is -2.30. The van der Waals surface area contributed by atoms with E-state index in [1.54, 1.807) is 0 Å². The van der Waals surface area contributed by atoms with Crippen molar-refractivity contribution in [1.82, 2.24) is 0 Å². The number of carbonyl (C=O) groups is 3. The highest BCUT2D eigenvalue weighted by Crippen LogP contribution is 2.15. The Morgan fingerprint density at radius 3 is 0.971 bits per heavy atom. The Morgan fingerprint density at radius 2 is 0.594 bits per heavy atom. The molecular formula is C63H108O6. The minimum atomic E-state index is -0.807. The standard InChI is InChI=1S/C63H108O6/c1-4-7-10-13-16-19-22-25-27-29-31-33-35-38-41-44-47-50-53-56-62(65)68-59-60(58-67-61(64)55-52-49-46-43-40-37-24-21-18-15-12-9-6-3)69-63(66)57-54-51-48-45-42-39-36-34-32-30-28-26-23-20-17-14-11-8-5-2/h7,10,16,19,25-28,31,33,38,41,47,50,60H,4-6,8-9,11-15,17-18,20-24,29-30,32,34-37,39-40,42-46,48-49,51-59H2,1-3H3/b10-7-,19-16-,27-25-,28-26-,33-31-,41-38-,50-47-. The van der Waals surface area contributed by atoms with Crippen LogP contribution >= 0.6 is 0 Å². The van der Waals surface area contributed by atoms with E-state index in [1.165, 1.54) is 154 Å². The van der Waals surface area contributed by atoms with Gasteiger partial charge in [0.15, 0.2) is 6.10 Å². The Morgan fingerprint density at radius 1 is 0.304 bits per heavy atom.